The average molecular weight is 232 g/mol. The van der Waals surface area contributed by atoms with Crippen molar-refractivity contribution in [3.8, 4) is 0 Å². The minimum absolute atomic E-state index is 0.0951. The van der Waals surface area contributed by atoms with E-state index < -0.39 is 0 Å². The quantitative estimate of drug-likeness (QED) is 0.582. The first-order valence-electron chi connectivity index (χ1n) is 6.11. The first-order chi connectivity index (χ1) is 7.64. The second-order valence-electron chi connectivity index (χ2n) is 4.44. The van der Waals surface area contributed by atoms with Gasteiger partial charge in [-0.05, 0) is 39.9 Å². The highest BCUT2D eigenvalue weighted by atomic mass is 16.5. The second-order valence-corrected chi connectivity index (χ2v) is 4.44. The van der Waals surface area contributed by atoms with Crippen LogP contribution in [0.15, 0.2) is 0 Å². The molecule has 0 saturated heterocycles. The molecule has 0 aliphatic carbocycles. The number of methoxy groups -OCH3 is 1. The van der Waals surface area contributed by atoms with Crippen LogP contribution in [-0.2, 0) is 4.74 Å². The van der Waals surface area contributed by atoms with Crippen LogP contribution in [0, 0.1) is 0 Å². The van der Waals surface area contributed by atoms with Gasteiger partial charge in [0.25, 0.3) is 0 Å². The fourth-order valence-corrected chi connectivity index (χ4v) is 1.79. The Labute approximate surface area is 100.0 Å². The Morgan fingerprint density at radius 3 is 2.50 bits per heavy atom. The number of nitrogens with zero attached hydrogens (tertiary/aromatic N) is 1. The van der Waals surface area contributed by atoms with Gasteiger partial charge in [0.05, 0.1) is 13.2 Å². The third kappa shape index (κ3) is 5.80. The Kier molecular flexibility index (Phi) is 8.84. The molecule has 1 unspecified atom stereocenters. The van der Waals surface area contributed by atoms with E-state index in [1.807, 2.05) is 7.05 Å². The van der Waals surface area contributed by atoms with Gasteiger partial charge >= 0.3 is 0 Å². The third-order valence-corrected chi connectivity index (χ3v) is 3.38. The molecule has 16 heavy (non-hydrogen) atoms. The summed E-state index contributed by atoms with van der Waals surface area (Å²) in [5.41, 5.74) is -0.0951. The molecule has 0 heterocycles. The van der Waals surface area contributed by atoms with Crippen molar-refractivity contribution < 1.29 is 9.84 Å². The van der Waals surface area contributed by atoms with Gasteiger partial charge < -0.3 is 20.1 Å². The van der Waals surface area contributed by atoms with Gasteiger partial charge in [0, 0.05) is 19.2 Å². The Morgan fingerprint density at radius 2 is 2.06 bits per heavy atom. The molecule has 0 rings (SSSR count). The minimum atomic E-state index is -0.0951. The monoisotopic (exact) mass is 232 g/mol. The number of rotatable bonds is 10. The van der Waals surface area contributed by atoms with Crippen molar-refractivity contribution in [2.45, 2.75) is 31.7 Å². The van der Waals surface area contributed by atoms with E-state index in [1.165, 1.54) is 0 Å². The number of nitrogens with one attached hydrogen (secondary N) is 1. The third-order valence-electron chi connectivity index (χ3n) is 3.38. The summed E-state index contributed by atoms with van der Waals surface area (Å²) in [7, 11) is 5.75. The summed E-state index contributed by atoms with van der Waals surface area (Å²) in [6, 6.07) is 0. The highest BCUT2D eigenvalue weighted by Crippen LogP contribution is 2.16. The molecule has 0 aromatic heterocycles. The largest absolute Gasteiger partial charge is 0.394 e. The second kappa shape index (κ2) is 8.93. The first-order valence-corrected chi connectivity index (χ1v) is 6.11. The number of aliphatic hydroxyl groups excluding tert-OH is 1. The Hall–Kier alpha value is -0.160. The van der Waals surface area contributed by atoms with Gasteiger partial charge in [-0.15, -0.1) is 0 Å². The zero-order valence-corrected chi connectivity index (χ0v) is 11.3. The highest BCUT2D eigenvalue weighted by Gasteiger charge is 2.24. The SMILES string of the molecule is CCC(CO)(CCCN(C)CCOC)NC. The van der Waals surface area contributed by atoms with E-state index in [2.05, 4.69) is 24.2 Å². The molecule has 0 aliphatic heterocycles. The summed E-state index contributed by atoms with van der Waals surface area (Å²) >= 11 is 0. The van der Waals surface area contributed by atoms with E-state index >= 15 is 0 Å². The lowest BCUT2D eigenvalue weighted by molar-refractivity contribution is 0.138. The summed E-state index contributed by atoms with van der Waals surface area (Å²) in [5.74, 6) is 0. The molecule has 2 N–H and O–H groups in total. The van der Waals surface area contributed by atoms with Crippen LogP contribution in [0.5, 0.6) is 0 Å². The van der Waals surface area contributed by atoms with Gasteiger partial charge in [-0.3, -0.25) is 0 Å². The molecule has 0 saturated carbocycles. The van der Waals surface area contributed by atoms with Crippen molar-refractivity contribution in [1.29, 1.82) is 0 Å². The van der Waals surface area contributed by atoms with Crippen LogP contribution in [0.25, 0.3) is 0 Å². The van der Waals surface area contributed by atoms with Crippen molar-refractivity contribution >= 4 is 0 Å². The summed E-state index contributed by atoms with van der Waals surface area (Å²) in [6.07, 6.45) is 3.06. The molecule has 0 aliphatic rings. The van der Waals surface area contributed by atoms with Crippen molar-refractivity contribution in [2.24, 2.45) is 0 Å². The van der Waals surface area contributed by atoms with Gasteiger partial charge in [0.1, 0.15) is 0 Å². The van der Waals surface area contributed by atoms with E-state index in [0.29, 0.717) is 0 Å². The fourth-order valence-electron chi connectivity index (χ4n) is 1.79. The van der Waals surface area contributed by atoms with E-state index in [1.54, 1.807) is 7.11 Å². The zero-order chi connectivity index (χ0) is 12.4. The lowest BCUT2D eigenvalue weighted by Crippen LogP contribution is -2.46. The molecular weight excluding hydrogens is 204 g/mol. The van der Waals surface area contributed by atoms with Crippen LogP contribution < -0.4 is 5.32 Å². The molecule has 0 aromatic carbocycles. The normalized spacial score (nSPS) is 15.4. The maximum Gasteiger partial charge on any atom is 0.0613 e. The van der Waals surface area contributed by atoms with Crippen LogP contribution in [0.3, 0.4) is 0 Å². The predicted molar refractivity (Wildman–Crippen MR) is 67.8 cm³/mol. The summed E-state index contributed by atoms with van der Waals surface area (Å²) in [6.45, 7) is 5.12. The molecule has 0 aromatic rings. The molecular formula is C12H28N2O2. The van der Waals surface area contributed by atoms with E-state index in [9.17, 15) is 5.11 Å². The zero-order valence-electron chi connectivity index (χ0n) is 11.3. The van der Waals surface area contributed by atoms with Crippen molar-refractivity contribution in [2.75, 3.05) is 47.5 Å². The van der Waals surface area contributed by atoms with Gasteiger partial charge in [0.2, 0.25) is 0 Å². The molecule has 0 radical (unpaired) electrons. The standard InChI is InChI=1S/C12H28N2O2/c1-5-12(11-15,13-2)7-6-8-14(3)9-10-16-4/h13,15H,5-11H2,1-4H3. The van der Waals surface area contributed by atoms with Crippen molar-refractivity contribution in [1.82, 2.24) is 10.2 Å². The summed E-state index contributed by atoms with van der Waals surface area (Å²) in [4.78, 5) is 2.26. The number of hydrogen-bond donors (Lipinski definition) is 2. The van der Waals surface area contributed by atoms with Gasteiger partial charge in [-0.25, -0.2) is 0 Å². The van der Waals surface area contributed by atoms with Crippen LogP contribution in [-0.4, -0.2) is 63.1 Å². The van der Waals surface area contributed by atoms with Crippen molar-refractivity contribution in [3.63, 3.8) is 0 Å². The van der Waals surface area contributed by atoms with Crippen LogP contribution >= 0.6 is 0 Å². The molecule has 0 bridgehead atoms. The molecule has 4 nitrogen and oxygen atoms in total. The number of aliphatic hydroxyl groups is 1. The van der Waals surface area contributed by atoms with Crippen LogP contribution in [0.1, 0.15) is 26.2 Å². The minimum Gasteiger partial charge on any atom is -0.394 e. The lowest BCUT2D eigenvalue weighted by Gasteiger charge is -2.31. The molecule has 0 fully saturated rings. The maximum absolute atomic E-state index is 9.39. The average Bonchev–Trinajstić information content (AvgIpc) is 2.33. The Balaban J connectivity index is 3.77. The van der Waals surface area contributed by atoms with E-state index in [0.717, 1.165) is 39.0 Å². The molecule has 0 amide bonds. The topological polar surface area (TPSA) is 44.7 Å². The van der Waals surface area contributed by atoms with Crippen molar-refractivity contribution in [3.05, 3.63) is 0 Å². The molecule has 1 atom stereocenters. The predicted octanol–water partition coefficient (Wildman–Crippen LogP) is 0.705. The summed E-state index contributed by atoms with van der Waals surface area (Å²) < 4.78 is 5.03. The van der Waals surface area contributed by atoms with Gasteiger partial charge in [-0.2, -0.15) is 0 Å². The number of hydrogen-bond acceptors (Lipinski definition) is 4. The van der Waals surface area contributed by atoms with Gasteiger partial charge in [-0.1, -0.05) is 6.92 Å². The maximum atomic E-state index is 9.39. The highest BCUT2D eigenvalue weighted by molar-refractivity contribution is 4.84. The fraction of sp³-hybridized carbons (Fsp3) is 1.00. The van der Waals surface area contributed by atoms with E-state index in [4.69, 9.17) is 4.74 Å². The summed E-state index contributed by atoms with van der Waals surface area (Å²) in [5, 5.41) is 12.6. The van der Waals surface area contributed by atoms with E-state index in [-0.39, 0.29) is 12.1 Å². The molecule has 98 valence electrons. The smallest absolute Gasteiger partial charge is 0.0613 e. The van der Waals surface area contributed by atoms with Gasteiger partial charge in [0.15, 0.2) is 0 Å². The number of likely N-dealkylation sites (N-methyl/N-ethyl adjacent to an activating group) is 2. The molecule has 0 spiro atoms. The Bertz CT molecular complexity index is 153. The van der Waals surface area contributed by atoms with Crippen LogP contribution in [0.2, 0.25) is 0 Å². The lowest BCUT2D eigenvalue weighted by atomic mass is 9.91. The first kappa shape index (κ1) is 15.8. The number of ether oxygens (including phenoxy) is 1. The van der Waals surface area contributed by atoms with Crippen LogP contribution in [0.4, 0.5) is 0 Å². The molecule has 4 heteroatoms. The Morgan fingerprint density at radius 1 is 1.38 bits per heavy atom.